The summed E-state index contributed by atoms with van der Waals surface area (Å²) in [5, 5.41) is 14.2. The Balaban J connectivity index is 1.71. The highest BCUT2D eigenvalue weighted by atomic mass is 127. The van der Waals surface area contributed by atoms with Gasteiger partial charge in [-0.25, -0.2) is 0 Å². The molecule has 3 atom stereocenters. The first kappa shape index (κ1) is 18.5. The van der Waals surface area contributed by atoms with Crippen LogP contribution in [0.25, 0.3) is 0 Å². The van der Waals surface area contributed by atoms with Gasteiger partial charge < -0.3 is 15.3 Å². The molecule has 5 nitrogen and oxygen atoms in total. The highest BCUT2D eigenvalue weighted by molar-refractivity contribution is 14.1. The van der Waals surface area contributed by atoms with Crippen LogP contribution < -0.4 is 5.32 Å². The van der Waals surface area contributed by atoms with E-state index in [2.05, 4.69) is 51.1 Å². The lowest BCUT2D eigenvalue weighted by molar-refractivity contribution is -0.135. The molecule has 0 radical (unpaired) electrons. The molecule has 2 aliphatic rings. The Kier molecular flexibility index (Phi) is 6.61. The molecule has 1 saturated heterocycles. The Hall–Kier alpha value is -1.25. The minimum atomic E-state index is -0.877. The first-order valence-electron chi connectivity index (χ1n) is 8.79. The Labute approximate surface area is 162 Å². The van der Waals surface area contributed by atoms with Gasteiger partial charge in [0.1, 0.15) is 12.1 Å². The molecular formula is C19H24IN3O2. The number of likely N-dealkylation sites (tertiary alicyclic amines) is 1. The van der Waals surface area contributed by atoms with Crippen LogP contribution >= 0.6 is 22.6 Å². The van der Waals surface area contributed by atoms with E-state index < -0.39 is 12.1 Å². The Morgan fingerprint density at radius 2 is 2.08 bits per heavy atom. The van der Waals surface area contributed by atoms with Crippen LogP contribution in [0, 0.1) is 5.92 Å². The van der Waals surface area contributed by atoms with E-state index in [4.69, 9.17) is 0 Å². The van der Waals surface area contributed by atoms with Gasteiger partial charge in [0.15, 0.2) is 0 Å². The van der Waals surface area contributed by atoms with Crippen molar-refractivity contribution in [1.29, 1.82) is 0 Å². The smallest absolute Gasteiger partial charge is 0.242 e. The van der Waals surface area contributed by atoms with E-state index in [0.717, 1.165) is 32.4 Å². The minimum absolute atomic E-state index is 0.00756. The van der Waals surface area contributed by atoms with Crippen molar-refractivity contribution < 1.29 is 9.90 Å². The van der Waals surface area contributed by atoms with Crippen molar-refractivity contribution in [3.05, 3.63) is 51.9 Å². The summed E-state index contributed by atoms with van der Waals surface area (Å²) in [5.74, 6) is 0.335. The second-order valence-corrected chi connectivity index (χ2v) is 7.84. The number of carbonyl (C=O) groups excluding carboxylic acids is 1. The third-order valence-corrected chi connectivity index (χ3v) is 5.48. The Morgan fingerprint density at radius 3 is 2.76 bits per heavy atom. The third-order valence-electron chi connectivity index (χ3n) is 4.76. The Bertz CT molecular complexity index is 641. The average Bonchev–Trinajstić information content (AvgIpc) is 3.17. The van der Waals surface area contributed by atoms with Crippen LogP contribution in [-0.2, 0) is 4.79 Å². The quantitative estimate of drug-likeness (QED) is 0.651. The molecule has 0 spiro atoms. The van der Waals surface area contributed by atoms with Crippen molar-refractivity contribution in [2.45, 2.75) is 31.4 Å². The van der Waals surface area contributed by atoms with E-state index in [-0.39, 0.29) is 5.91 Å². The number of allylic oxidation sites excluding steroid dienone is 3. The maximum atomic E-state index is 13.0. The summed E-state index contributed by atoms with van der Waals surface area (Å²) in [6.07, 6.45) is 11.9. The summed E-state index contributed by atoms with van der Waals surface area (Å²) in [6, 6.07) is 2.91. The predicted octanol–water partition coefficient (Wildman–Crippen LogP) is 2.59. The highest BCUT2D eigenvalue weighted by Gasteiger charge is 2.33. The number of nitrogens with zero attached hydrogens (tertiary/aromatic N) is 2. The van der Waals surface area contributed by atoms with Gasteiger partial charge in [-0.05, 0) is 65.5 Å². The lowest BCUT2D eigenvalue weighted by Gasteiger charge is -2.29. The molecule has 2 N–H and O–H groups in total. The topological polar surface area (TPSA) is 65.5 Å². The number of aromatic nitrogens is 1. The number of pyridine rings is 1. The average molecular weight is 453 g/mol. The molecule has 1 aliphatic heterocycles. The number of aliphatic hydroxyl groups is 1. The van der Waals surface area contributed by atoms with Crippen molar-refractivity contribution in [2.24, 2.45) is 5.92 Å². The van der Waals surface area contributed by atoms with Crippen molar-refractivity contribution in [1.82, 2.24) is 15.2 Å². The standard InChI is InChI=1S/C19H24IN3O2/c20-16-5-3-4-14(12-16)13-22-17(19(25)23-10-1-2-11-23)18(24)15-6-8-21-9-7-15/h3,5-9,12,14,17-18,22,24H,1-2,4,10-11,13H2/t14?,17-,18+/m1/s1. The van der Waals surface area contributed by atoms with Gasteiger partial charge in [-0.2, -0.15) is 0 Å². The van der Waals surface area contributed by atoms with Gasteiger partial charge in [-0.15, -0.1) is 0 Å². The van der Waals surface area contributed by atoms with Gasteiger partial charge in [0.2, 0.25) is 5.91 Å². The Morgan fingerprint density at radius 1 is 1.36 bits per heavy atom. The molecule has 2 heterocycles. The van der Waals surface area contributed by atoms with E-state index in [0.29, 0.717) is 18.0 Å². The molecule has 0 bridgehead atoms. The van der Waals surface area contributed by atoms with Crippen LogP contribution in [0.4, 0.5) is 0 Å². The fourth-order valence-electron chi connectivity index (χ4n) is 3.35. The fourth-order valence-corrected chi connectivity index (χ4v) is 4.11. The van der Waals surface area contributed by atoms with Crippen LogP contribution in [0.5, 0.6) is 0 Å². The SMILES string of the molecule is O=C([C@H](NCC1C=C(I)C=CC1)[C@@H](O)c1ccncc1)N1CCCC1. The summed E-state index contributed by atoms with van der Waals surface area (Å²) in [7, 11) is 0. The number of nitrogens with one attached hydrogen (secondary N) is 1. The lowest BCUT2D eigenvalue weighted by Crippen LogP contribution is -2.50. The molecule has 1 aliphatic carbocycles. The molecule has 1 aromatic heterocycles. The fraction of sp³-hybridized carbons (Fsp3) is 0.474. The van der Waals surface area contributed by atoms with Gasteiger partial charge in [0.05, 0.1) is 0 Å². The van der Waals surface area contributed by atoms with Crippen molar-refractivity contribution in [3.63, 3.8) is 0 Å². The number of rotatable bonds is 6. The van der Waals surface area contributed by atoms with E-state index >= 15 is 0 Å². The van der Waals surface area contributed by atoms with Crippen molar-refractivity contribution in [2.75, 3.05) is 19.6 Å². The largest absolute Gasteiger partial charge is 0.386 e. The second-order valence-electron chi connectivity index (χ2n) is 6.59. The summed E-state index contributed by atoms with van der Waals surface area (Å²) < 4.78 is 1.22. The molecule has 1 amide bonds. The van der Waals surface area contributed by atoms with Crippen molar-refractivity contribution in [3.8, 4) is 0 Å². The normalized spacial score (nSPS) is 22.6. The number of halogens is 1. The third kappa shape index (κ3) is 4.89. The maximum absolute atomic E-state index is 13.0. The van der Waals surface area contributed by atoms with Crippen LogP contribution in [-0.4, -0.2) is 46.6 Å². The van der Waals surface area contributed by atoms with E-state index in [9.17, 15) is 9.90 Å². The van der Waals surface area contributed by atoms with Crippen LogP contribution in [0.2, 0.25) is 0 Å². The maximum Gasteiger partial charge on any atom is 0.242 e. The van der Waals surface area contributed by atoms with Crippen LogP contribution in [0.1, 0.15) is 30.9 Å². The van der Waals surface area contributed by atoms with Gasteiger partial charge in [-0.1, -0.05) is 18.2 Å². The number of hydrogen-bond donors (Lipinski definition) is 2. The summed E-state index contributed by atoms with van der Waals surface area (Å²) >= 11 is 2.31. The molecular weight excluding hydrogens is 429 g/mol. The lowest BCUT2D eigenvalue weighted by atomic mass is 9.98. The summed E-state index contributed by atoms with van der Waals surface area (Å²) in [4.78, 5) is 18.8. The molecule has 25 heavy (non-hydrogen) atoms. The number of amides is 1. The second kappa shape index (κ2) is 8.91. The summed E-state index contributed by atoms with van der Waals surface area (Å²) in [5.41, 5.74) is 0.716. The van der Waals surface area contributed by atoms with Crippen molar-refractivity contribution >= 4 is 28.5 Å². The van der Waals surface area contributed by atoms with E-state index in [1.54, 1.807) is 24.5 Å². The highest BCUT2D eigenvalue weighted by Crippen LogP contribution is 2.23. The van der Waals surface area contributed by atoms with Gasteiger partial charge in [0, 0.05) is 35.6 Å². The molecule has 3 rings (SSSR count). The zero-order chi connectivity index (χ0) is 17.6. The molecule has 0 aromatic carbocycles. The first-order valence-corrected chi connectivity index (χ1v) is 9.87. The van der Waals surface area contributed by atoms with Gasteiger partial charge in [0.25, 0.3) is 0 Å². The summed E-state index contributed by atoms with van der Waals surface area (Å²) in [6.45, 7) is 2.23. The number of carbonyl (C=O) groups is 1. The van der Waals surface area contributed by atoms with Crippen LogP contribution in [0.15, 0.2) is 46.3 Å². The van der Waals surface area contributed by atoms with E-state index in [1.165, 1.54) is 3.58 Å². The molecule has 6 heteroatoms. The van der Waals surface area contributed by atoms with E-state index in [1.807, 2.05) is 4.90 Å². The molecule has 1 aromatic rings. The van der Waals surface area contributed by atoms with Gasteiger partial charge in [-0.3, -0.25) is 9.78 Å². The minimum Gasteiger partial charge on any atom is -0.386 e. The molecule has 0 saturated carbocycles. The molecule has 1 unspecified atom stereocenters. The molecule has 1 fully saturated rings. The zero-order valence-electron chi connectivity index (χ0n) is 14.1. The predicted molar refractivity (Wildman–Crippen MR) is 106 cm³/mol. The van der Waals surface area contributed by atoms with Crippen LogP contribution in [0.3, 0.4) is 0 Å². The number of aliphatic hydroxyl groups excluding tert-OH is 1. The number of hydrogen-bond acceptors (Lipinski definition) is 4. The van der Waals surface area contributed by atoms with Gasteiger partial charge >= 0.3 is 0 Å². The first-order chi connectivity index (χ1) is 12.1. The zero-order valence-corrected chi connectivity index (χ0v) is 16.3. The molecule has 134 valence electrons. The monoisotopic (exact) mass is 453 g/mol.